The Bertz CT molecular complexity index is 81.5. The van der Waals surface area contributed by atoms with E-state index >= 15 is 0 Å². The molecule has 8 heteroatoms. The number of hydrogen-bond acceptors (Lipinski definition) is 2. The van der Waals surface area contributed by atoms with Crippen molar-refractivity contribution in [2.24, 2.45) is 0 Å². The van der Waals surface area contributed by atoms with Gasteiger partial charge in [-0.15, -0.1) is 0 Å². The maximum absolute atomic E-state index is 8.56. The van der Waals surface area contributed by atoms with E-state index in [4.69, 9.17) is 30.0 Å². The van der Waals surface area contributed by atoms with Gasteiger partial charge in [-0.3, -0.25) is 0 Å². The Labute approximate surface area is 123 Å². The molecule has 0 aromatic heterocycles. The Morgan fingerprint density at radius 1 is 0.900 bits per heavy atom. The summed E-state index contributed by atoms with van der Waals surface area (Å²) in [5, 5.41) is 27.9. The van der Waals surface area contributed by atoms with Crippen LogP contribution in [0.1, 0.15) is 2.85 Å². The van der Waals surface area contributed by atoms with Crippen LogP contribution in [0.25, 0.3) is 0 Å². The molecule has 0 saturated carbocycles. The minimum atomic E-state index is -1.83. The zero-order chi connectivity index (χ0) is 7.15. The van der Waals surface area contributed by atoms with E-state index in [1.54, 1.807) is 0 Å². The molecule has 0 rings (SSSR count). The molecule has 0 heterocycles. The zero-order valence-corrected chi connectivity index (χ0v) is 10.2. The van der Waals surface area contributed by atoms with Crippen LogP contribution in [0, 0.1) is 41.7 Å². The number of carboxylic acid groups (broad SMARTS) is 4. The van der Waals surface area contributed by atoms with Crippen LogP contribution in [0.2, 0.25) is 0 Å². The average molecular weight is 306 g/mol. The summed E-state index contributed by atoms with van der Waals surface area (Å²) in [5.74, 6) is 0. The maximum atomic E-state index is 8.56. The van der Waals surface area contributed by atoms with E-state index in [2.05, 4.69) is 0 Å². The molecule has 0 bridgehead atoms. The molecule has 0 aromatic rings. The van der Waals surface area contributed by atoms with Crippen molar-refractivity contribution in [3.63, 3.8) is 0 Å². The van der Waals surface area contributed by atoms with Crippen LogP contribution in [-0.4, -0.2) is 70.5 Å². The molecule has 0 amide bonds. The summed E-state index contributed by atoms with van der Waals surface area (Å²) in [5.41, 5.74) is 0. The van der Waals surface area contributed by atoms with Crippen LogP contribution in [0.4, 0.5) is 9.59 Å². The van der Waals surface area contributed by atoms with Crippen molar-refractivity contribution in [1.29, 1.82) is 0 Å². The smallest absolute Gasteiger partial charge is 1.00 e. The third-order valence-corrected chi connectivity index (χ3v) is 0. The largest absolute Gasteiger partial charge is 2.00 e. The van der Waals surface area contributed by atoms with Crippen LogP contribution >= 0.6 is 0 Å². The fourth-order valence-corrected chi connectivity index (χ4v) is 0. The predicted octanol–water partition coefficient (Wildman–Crippen LogP) is 0.289. The first kappa shape index (κ1) is 22.5. The summed E-state index contributed by atoms with van der Waals surface area (Å²) in [6.07, 6.45) is -3.67. The van der Waals surface area contributed by atoms with Crippen LogP contribution in [0.15, 0.2) is 0 Å². The fourth-order valence-electron chi connectivity index (χ4n) is 0. The normalized spacial score (nSPS) is 4.80. The van der Waals surface area contributed by atoms with Gasteiger partial charge in [0.15, 0.2) is 0 Å². The quantitative estimate of drug-likeness (QED) is 0.478. The number of rotatable bonds is 0. The SMILES string of the molecule is O=C(O)O.O=C(O)O.[Ca+2].[Ce].[H-].[H-]. The fraction of sp³-hybridized carbons (Fsp3) is 0. The second-order valence-electron chi connectivity index (χ2n) is 0.565. The van der Waals surface area contributed by atoms with Crippen molar-refractivity contribution in [3.8, 4) is 0 Å². The summed E-state index contributed by atoms with van der Waals surface area (Å²) in [7, 11) is 0. The molecule has 10 heavy (non-hydrogen) atoms. The van der Waals surface area contributed by atoms with E-state index in [0.29, 0.717) is 0 Å². The van der Waals surface area contributed by atoms with E-state index in [1.165, 1.54) is 0 Å². The van der Waals surface area contributed by atoms with E-state index in [-0.39, 0.29) is 82.3 Å². The molecule has 0 aliphatic rings. The van der Waals surface area contributed by atoms with Crippen molar-refractivity contribution in [2.75, 3.05) is 0 Å². The van der Waals surface area contributed by atoms with Crippen LogP contribution in [-0.2, 0) is 0 Å². The third-order valence-electron chi connectivity index (χ3n) is 0. The first-order valence-electron chi connectivity index (χ1n) is 1.30. The van der Waals surface area contributed by atoms with E-state index in [9.17, 15) is 0 Å². The monoisotopic (exact) mass is 306 g/mol. The molecule has 6 nitrogen and oxygen atoms in total. The van der Waals surface area contributed by atoms with Gasteiger partial charge >= 0.3 is 50.0 Å². The molecular formula is C2H6CaCeO6. The maximum Gasteiger partial charge on any atom is 2.00 e. The molecule has 0 saturated heterocycles. The first-order valence-corrected chi connectivity index (χ1v) is 1.30. The van der Waals surface area contributed by atoms with Gasteiger partial charge in [0.05, 0.1) is 0 Å². The van der Waals surface area contributed by atoms with Gasteiger partial charge in [0, 0.05) is 41.7 Å². The Balaban J connectivity index is -0.0000000112. The van der Waals surface area contributed by atoms with Crippen LogP contribution in [0.5, 0.6) is 0 Å². The molecule has 0 aliphatic heterocycles. The van der Waals surface area contributed by atoms with Gasteiger partial charge in [-0.25, -0.2) is 9.59 Å². The van der Waals surface area contributed by atoms with Gasteiger partial charge in [-0.2, -0.15) is 0 Å². The van der Waals surface area contributed by atoms with Crippen molar-refractivity contribution < 1.29 is 74.6 Å². The third kappa shape index (κ3) is 443. The van der Waals surface area contributed by atoms with E-state index in [1.807, 2.05) is 0 Å². The van der Waals surface area contributed by atoms with Gasteiger partial charge in [0.1, 0.15) is 0 Å². The van der Waals surface area contributed by atoms with Crippen molar-refractivity contribution in [1.82, 2.24) is 0 Å². The van der Waals surface area contributed by atoms with Gasteiger partial charge in [-0.1, -0.05) is 0 Å². The molecule has 0 fully saturated rings. The zero-order valence-electron chi connectivity index (χ0n) is 6.81. The summed E-state index contributed by atoms with van der Waals surface area (Å²) < 4.78 is 0. The molecule has 0 unspecified atom stereocenters. The first-order chi connectivity index (χ1) is 3.46. The summed E-state index contributed by atoms with van der Waals surface area (Å²) in [6, 6.07) is 0. The summed E-state index contributed by atoms with van der Waals surface area (Å²) in [6.45, 7) is 0. The predicted molar refractivity (Wildman–Crippen MR) is 29.3 cm³/mol. The van der Waals surface area contributed by atoms with E-state index in [0.717, 1.165) is 0 Å². The minimum absolute atomic E-state index is 0. The Morgan fingerprint density at radius 3 is 0.900 bits per heavy atom. The summed E-state index contributed by atoms with van der Waals surface area (Å²) in [4.78, 5) is 17.1. The Kier molecular flexibility index (Phi) is 37.4. The standard InChI is InChI=1S/2CH2O3.Ca.Ce.2H/c2*2-1(3)4;;;;/h2*(H2,2,3,4);;;;/q;;+2;;2*-1. The molecule has 0 radical (unpaired) electrons. The summed E-state index contributed by atoms with van der Waals surface area (Å²) >= 11 is 0. The molecule has 0 aromatic carbocycles. The molecular weight excluding hydrogens is 300 g/mol. The van der Waals surface area contributed by atoms with E-state index < -0.39 is 12.3 Å². The van der Waals surface area contributed by atoms with Crippen molar-refractivity contribution in [3.05, 3.63) is 0 Å². The van der Waals surface area contributed by atoms with Gasteiger partial charge < -0.3 is 23.3 Å². The van der Waals surface area contributed by atoms with Crippen LogP contribution in [0.3, 0.4) is 0 Å². The molecule has 56 valence electrons. The van der Waals surface area contributed by atoms with Crippen molar-refractivity contribution >= 4 is 50.0 Å². The van der Waals surface area contributed by atoms with Gasteiger partial charge in [0.2, 0.25) is 0 Å². The topological polar surface area (TPSA) is 115 Å². The van der Waals surface area contributed by atoms with Gasteiger partial charge in [0.25, 0.3) is 0 Å². The van der Waals surface area contributed by atoms with Crippen LogP contribution < -0.4 is 0 Å². The number of hydrogen-bond donors (Lipinski definition) is 4. The Morgan fingerprint density at radius 2 is 0.900 bits per heavy atom. The molecule has 0 aliphatic carbocycles. The molecule has 4 N–H and O–H groups in total. The second-order valence-corrected chi connectivity index (χ2v) is 0.565. The Hall–Kier alpha value is 1.18. The van der Waals surface area contributed by atoms with Gasteiger partial charge in [-0.05, 0) is 0 Å². The minimum Gasteiger partial charge on any atom is -1.00 e. The number of carbonyl (C=O) groups is 2. The van der Waals surface area contributed by atoms with Crippen molar-refractivity contribution in [2.45, 2.75) is 0 Å². The average Bonchev–Trinajstić information content (AvgIpc) is 1.25. The molecule has 0 atom stereocenters. The second kappa shape index (κ2) is 16.6. The molecule has 0 spiro atoms.